The highest BCUT2D eigenvalue weighted by Crippen LogP contribution is 2.34. The third kappa shape index (κ3) is 4.35. The zero-order valence-electron chi connectivity index (χ0n) is 13.9. The van der Waals surface area contributed by atoms with Gasteiger partial charge in [0, 0.05) is 23.0 Å². The van der Waals surface area contributed by atoms with Gasteiger partial charge in [-0.15, -0.1) is 0 Å². The molecule has 4 rings (SSSR count). The first-order valence-corrected chi connectivity index (χ1v) is 9.60. The van der Waals surface area contributed by atoms with Gasteiger partial charge in [-0.3, -0.25) is 4.68 Å². The molecule has 2 aromatic carbocycles. The van der Waals surface area contributed by atoms with E-state index in [-0.39, 0.29) is 6.79 Å². The van der Waals surface area contributed by atoms with Crippen LogP contribution in [0.2, 0.25) is 5.02 Å². The number of halogens is 2. The number of thiocarbonyl (C=S) groups is 1. The van der Waals surface area contributed by atoms with Crippen LogP contribution in [0.4, 0.5) is 11.5 Å². The van der Waals surface area contributed by atoms with Crippen LogP contribution in [-0.2, 0) is 6.54 Å². The Bertz CT molecular complexity index is 994. The average Bonchev–Trinajstić information content (AvgIpc) is 3.23. The number of nitrogens with zero attached hydrogens (tertiary/aromatic N) is 2. The van der Waals surface area contributed by atoms with Crippen molar-refractivity contribution in [3.8, 4) is 11.5 Å². The molecule has 0 saturated heterocycles. The van der Waals surface area contributed by atoms with Gasteiger partial charge in [-0.2, -0.15) is 5.10 Å². The van der Waals surface area contributed by atoms with Crippen molar-refractivity contribution in [2.75, 3.05) is 17.4 Å². The molecule has 9 heteroatoms. The van der Waals surface area contributed by atoms with Crippen LogP contribution in [0.15, 0.2) is 53.1 Å². The minimum absolute atomic E-state index is 0.236. The second-order valence-corrected chi connectivity index (χ2v) is 7.50. The fraction of sp³-hybridized carbons (Fsp3) is 0.111. The number of fused-ring (bicyclic) bond motifs is 1. The number of ether oxygens (including phenoxy) is 2. The van der Waals surface area contributed by atoms with Gasteiger partial charge in [0.15, 0.2) is 22.4 Å². The molecule has 0 bridgehead atoms. The standard InChI is InChI=1S/C18H14BrClN4O2S/c19-14-9-24(8-11-1-3-12(20)4-2-11)23-17(14)22-18(27)21-13-5-6-15-16(7-13)26-10-25-15/h1-7,9H,8,10H2,(H2,21,22,23,27). The topological polar surface area (TPSA) is 60.3 Å². The van der Waals surface area contributed by atoms with Gasteiger partial charge in [-0.05, 0) is 58.0 Å². The molecule has 1 aliphatic heterocycles. The smallest absolute Gasteiger partial charge is 0.231 e. The summed E-state index contributed by atoms with van der Waals surface area (Å²) in [5, 5.41) is 11.9. The number of benzene rings is 2. The van der Waals surface area contributed by atoms with E-state index in [1.54, 1.807) is 0 Å². The van der Waals surface area contributed by atoms with Crippen LogP contribution in [-0.4, -0.2) is 21.7 Å². The Morgan fingerprint density at radius 3 is 2.74 bits per heavy atom. The number of nitrogens with one attached hydrogen (secondary N) is 2. The molecule has 0 amide bonds. The molecule has 0 fully saturated rings. The summed E-state index contributed by atoms with van der Waals surface area (Å²) in [7, 11) is 0. The molecule has 0 saturated carbocycles. The van der Waals surface area contributed by atoms with Gasteiger partial charge in [0.05, 0.1) is 11.0 Å². The van der Waals surface area contributed by atoms with E-state index in [0.717, 1.165) is 21.5 Å². The monoisotopic (exact) mass is 464 g/mol. The molecule has 6 nitrogen and oxygen atoms in total. The van der Waals surface area contributed by atoms with E-state index in [9.17, 15) is 0 Å². The molecular formula is C18H14BrClN4O2S. The van der Waals surface area contributed by atoms with E-state index >= 15 is 0 Å². The van der Waals surface area contributed by atoms with E-state index in [1.165, 1.54) is 0 Å². The summed E-state index contributed by atoms with van der Waals surface area (Å²) in [4.78, 5) is 0. The van der Waals surface area contributed by atoms with E-state index in [0.29, 0.717) is 28.2 Å². The molecular weight excluding hydrogens is 452 g/mol. The Morgan fingerprint density at radius 2 is 1.93 bits per heavy atom. The maximum absolute atomic E-state index is 5.92. The van der Waals surface area contributed by atoms with E-state index in [2.05, 4.69) is 31.7 Å². The molecule has 0 unspecified atom stereocenters. The molecule has 3 aromatic rings. The van der Waals surface area contributed by atoms with Crippen molar-refractivity contribution in [1.82, 2.24) is 9.78 Å². The van der Waals surface area contributed by atoms with Gasteiger partial charge in [0.2, 0.25) is 6.79 Å². The van der Waals surface area contributed by atoms with Crippen molar-refractivity contribution in [1.29, 1.82) is 0 Å². The summed E-state index contributed by atoms with van der Waals surface area (Å²) in [5.41, 5.74) is 1.90. The summed E-state index contributed by atoms with van der Waals surface area (Å²) in [6.45, 7) is 0.860. The lowest BCUT2D eigenvalue weighted by molar-refractivity contribution is 0.174. The SMILES string of the molecule is S=C(Nc1ccc2c(c1)OCO2)Nc1nn(Cc2ccc(Cl)cc2)cc1Br. The van der Waals surface area contributed by atoms with Crippen LogP contribution in [0.3, 0.4) is 0 Å². The Kier molecular flexibility index (Phi) is 5.20. The summed E-state index contributed by atoms with van der Waals surface area (Å²) < 4.78 is 13.3. The largest absolute Gasteiger partial charge is 0.454 e. The molecule has 138 valence electrons. The second kappa shape index (κ2) is 7.75. The van der Waals surface area contributed by atoms with Gasteiger partial charge in [-0.1, -0.05) is 23.7 Å². The van der Waals surface area contributed by atoms with Gasteiger partial charge in [-0.25, -0.2) is 0 Å². The third-order valence-corrected chi connectivity index (χ3v) is 4.87. The predicted molar refractivity (Wildman–Crippen MR) is 113 cm³/mol. The molecule has 2 N–H and O–H groups in total. The minimum Gasteiger partial charge on any atom is -0.454 e. The third-order valence-electron chi connectivity index (χ3n) is 3.84. The highest BCUT2D eigenvalue weighted by molar-refractivity contribution is 9.10. The van der Waals surface area contributed by atoms with E-state index in [1.807, 2.05) is 53.3 Å². The van der Waals surface area contributed by atoms with Crippen LogP contribution >= 0.6 is 39.7 Å². The first kappa shape index (κ1) is 18.1. The van der Waals surface area contributed by atoms with Crippen molar-refractivity contribution >= 4 is 56.4 Å². The maximum atomic E-state index is 5.92. The molecule has 27 heavy (non-hydrogen) atoms. The van der Waals surface area contributed by atoms with Crippen molar-refractivity contribution in [2.24, 2.45) is 0 Å². The molecule has 0 spiro atoms. The maximum Gasteiger partial charge on any atom is 0.231 e. The first-order valence-electron chi connectivity index (χ1n) is 8.02. The number of rotatable bonds is 4. The van der Waals surface area contributed by atoms with Crippen LogP contribution in [0.25, 0.3) is 0 Å². The Labute approximate surface area is 174 Å². The molecule has 0 aliphatic carbocycles. The van der Waals surface area contributed by atoms with E-state index < -0.39 is 0 Å². The van der Waals surface area contributed by atoms with Gasteiger partial charge < -0.3 is 20.1 Å². The molecule has 1 aliphatic rings. The average molecular weight is 466 g/mol. The summed E-state index contributed by atoms with van der Waals surface area (Å²) >= 11 is 14.8. The molecule has 1 aromatic heterocycles. The van der Waals surface area contributed by atoms with Gasteiger partial charge in [0.1, 0.15) is 0 Å². The lowest BCUT2D eigenvalue weighted by Crippen LogP contribution is -2.19. The predicted octanol–water partition coefficient (Wildman–Crippen LogP) is 4.88. The molecule has 0 radical (unpaired) electrons. The zero-order chi connectivity index (χ0) is 18.8. The fourth-order valence-electron chi connectivity index (χ4n) is 2.58. The number of hydrogen-bond donors (Lipinski definition) is 2. The zero-order valence-corrected chi connectivity index (χ0v) is 17.1. The Hall–Kier alpha value is -2.29. The number of anilines is 2. The fourth-order valence-corrected chi connectivity index (χ4v) is 3.34. The molecule has 2 heterocycles. The summed E-state index contributed by atoms with van der Waals surface area (Å²) in [6, 6.07) is 13.2. The highest BCUT2D eigenvalue weighted by atomic mass is 79.9. The lowest BCUT2D eigenvalue weighted by atomic mass is 10.2. The number of hydrogen-bond acceptors (Lipinski definition) is 4. The van der Waals surface area contributed by atoms with Crippen LogP contribution in [0.1, 0.15) is 5.56 Å². The van der Waals surface area contributed by atoms with Crippen molar-refractivity contribution in [3.05, 3.63) is 63.7 Å². The van der Waals surface area contributed by atoms with Crippen LogP contribution in [0.5, 0.6) is 11.5 Å². The second-order valence-electron chi connectivity index (χ2n) is 5.80. The quantitative estimate of drug-likeness (QED) is 0.535. The Morgan fingerprint density at radius 1 is 1.15 bits per heavy atom. The van der Waals surface area contributed by atoms with E-state index in [4.69, 9.17) is 33.3 Å². The molecule has 0 atom stereocenters. The Balaban J connectivity index is 1.41. The van der Waals surface area contributed by atoms with Crippen molar-refractivity contribution < 1.29 is 9.47 Å². The minimum atomic E-state index is 0.236. The highest BCUT2D eigenvalue weighted by Gasteiger charge is 2.14. The first-order chi connectivity index (χ1) is 13.1. The number of aromatic nitrogens is 2. The van der Waals surface area contributed by atoms with Crippen molar-refractivity contribution in [3.63, 3.8) is 0 Å². The summed E-state index contributed by atoms with van der Waals surface area (Å²) in [5.74, 6) is 2.04. The van der Waals surface area contributed by atoms with Crippen LogP contribution in [0, 0.1) is 0 Å². The van der Waals surface area contributed by atoms with Crippen LogP contribution < -0.4 is 20.1 Å². The van der Waals surface area contributed by atoms with Gasteiger partial charge in [0.25, 0.3) is 0 Å². The normalized spacial score (nSPS) is 12.1. The van der Waals surface area contributed by atoms with Gasteiger partial charge >= 0.3 is 0 Å². The van der Waals surface area contributed by atoms with Crippen molar-refractivity contribution in [2.45, 2.75) is 6.54 Å². The lowest BCUT2D eigenvalue weighted by Gasteiger charge is -2.09. The summed E-state index contributed by atoms with van der Waals surface area (Å²) in [6.07, 6.45) is 1.89.